The first kappa shape index (κ1) is 27.2. The zero-order valence-corrected chi connectivity index (χ0v) is 21.9. The summed E-state index contributed by atoms with van der Waals surface area (Å²) in [4.78, 5) is 30.1. The molecule has 9 heteroatoms. The Kier molecular flexibility index (Phi) is 8.06. The zero-order valence-electron chi connectivity index (χ0n) is 21.9. The standard InChI is InChI=1S/C29H33F2N5O2/c1-18(27(37)32-16-29(2,3)4)36-15-25(33-17-36)35-28(38)26(19-8-6-5-7-9-19)34-22-11-10-20-12-21(30)13-24(31)23(20)14-22/h5-9,12-13,15,17,22,26,34H,1,10-11,14,16H2,2-4H3,(H,32,37)(H,35,38)/t22?,26-/m0/s1. The maximum atomic E-state index is 14.4. The van der Waals surface area contributed by atoms with E-state index >= 15 is 0 Å². The van der Waals surface area contributed by atoms with E-state index in [-0.39, 0.29) is 34.8 Å². The Bertz CT molecular complexity index is 1330. The number of hydrogen-bond donors (Lipinski definition) is 3. The number of carbonyl (C=O) groups excluding carboxylic acids is 2. The van der Waals surface area contributed by atoms with E-state index in [1.54, 1.807) is 0 Å². The first-order valence-corrected chi connectivity index (χ1v) is 12.6. The quantitative estimate of drug-likeness (QED) is 0.378. The highest BCUT2D eigenvalue weighted by molar-refractivity contribution is 6.12. The molecule has 4 rings (SSSR count). The smallest absolute Gasteiger partial charge is 0.267 e. The number of aryl methyl sites for hydroxylation is 1. The van der Waals surface area contributed by atoms with E-state index in [0.717, 1.165) is 11.6 Å². The highest BCUT2D eigenvalue weighted by Gasteiger charge is 2.28. The Labute approximate surface area is 221 Å². The van der Waals surface area contributed by atoms with Crippen molar-refractivity contribution in [2.45, 2.75) is 52.1 Å². The van der Waals surface area contributed by atoms with Crippen molar-refractivity contribution in [1.29, 1.82) is 0 Å². The van der Waals surface area contributed by atoms with Crippen LogP contribution in [0.25, 0.3) is 5.70 Å². The van der Waals surface area contributed by atoms with Gasteiger partial charge in [0.05, 0.1) is 6.20 Å². The molecule has 1 unspecified atom stereocenters. The van der Waals surface area contributed by atoms with Crippen LogP contribution in [0.3, 0.4) is 0 Å². The van der Waals surface area contributed by atoms with Crippen molar-refractivity contribution in [3.63, 3.8) is 0 Å². The first-order valence-electron chi connectivity index (χ1n) is 12.6. The van der Waals surface area contributed by atoms with Gasteiger partial charge in [0.2, 0.25) is 5.91 Å². The van der Waals surface area contributed by atoms with Gasteiger partial charge >= 0.3 is 0 Å². The van der Waals surface area contributed by atoms with E-state index in [2.05, 4.69) is 27.5 Å². The fraction of sp³-hybridized carbons (Fsp3) is 0.345. The molecule has 3 N–H and O–H groups in total. The van der Waals surface area contributed by atoms with Crippen LogP contribution in [0, 0.1) is 17.0 Å². The van der Waals surface area contributed by atoms with Crippen LogP contribution in [-0.2, 0) is 22.4 Å². The molecule has 200 valence electrons. The number of fused-ring (bicyclic) bond motifs is 1. The number of benzene rings is 2. The second kappa shape index (κ2) is 11.3. The molecule has 1 aliphatic rings. The van der Waals surface area contributed by atoms with E-state index in [1.165, 1.54) is 23.2 Å². The molecule has 1 aromatic heterocycles. The second-order valence-electron chi connectivity index (χ2n) is 10.8. The van der Waals surface area contributed by atoms with Gasteiger partial charge < -0.3 is 10.6 Å². The zero-order chi connectivity index (χ0) is 27.4. The summed E-state index contributed by atoms with van der Waals surface area (Å²) in [7, 11) is 0. The van der Waals surface area contributed by atoms with Gasteiger partial charge in [0.15, 0.2) is 5.82 Å². The van der Waals surface area contributed by atoms with Crippen LogP contribution in [-0.4, -0.2) is 34.0 Å². The fourth-order valence-corrected chi connectivity index (χ4v) is 4.43. The molecule has 3 aromatic rings. The Morgan fingerprint density at radius 3 is 2.63 bits per heavy atom. The summed E-state index contributed by atoms with van der Waals surface area (Å²) in [5.74, 6) is -1.57. The number of hydrogen-bond acceptors (Lipinski definition) is 4. The lowest BCUT2D eigenvalue weighted by Crippen LogP contribution is -2.42. The lowest BCUT2D eigenvalue weighted by molar-refractivity contribution is -0.118. The second-order valence-corrected chi connectivity index (χ2v) is 10.8. The number of aromatic nitrogens is 2. The highest BCUT2D eigenvalue weighted by Crippen LogP contribution is 2.27. The molecule has 2 atom stereocenters. The summed E-state index contributed by atoms with van der Waals surface area (Å²) in [6, 6.07) is 10.6. The summed E-state index contributed by atoms with van der Waals surface area (Å²) in [5.41, 5.74) is 1.98. The van der Waals surface area contributed by atoms with Crippen LogP contribution < -0.4 is 16.0 Å². The van der Waals surface area contributed by atoms with E-state index in [4.69, 9.17) is 0 Å². The molecule has 1 aliphatic carbocycles. The summed E-state index contributed by atoms with van der Waals surface area (Å²) >= 11 is 0. The largest absolute Gasteiger partial charge is 0.350 e. The average Bonchev–Trinajstić information content (AvgIpc) is 3.34. The normalized spacial score (nSPS) is 15.9. The molecule has 0 radical (unpaired) electrons. The number of anilines is 1. The Hall–Kier alpha value is -3.85. The van der Waals surface area contributed by atoms with Crippen molar-refractivity contribution in [3.8, 4) is 0 Å². The van der Waals surface area contributed by atoms with E-state index in [1.807, 2.05) is 51.1 Å². The SMILES string of the molecule is C=C(C(=O)NCC(C)(C)C)n1cnc(NC(=O)[C@@H](NC2CCc3cc(F)cc(F)c3C2)c2ccccc2)c1. The van der Waals surface area contributed by atoms with Crippen LogP contribution in [0.2, 0.25) is 0 Å². The maximum Gasteiger partial charge on any atom is 0.267 e. The molecule has 38 heavy (non-hydrogen) atoms. The van der Waals surface area contributed by atoms with Crippen molar-refractivity contribution >= 4 is 23.3 Å². The lowest BCUT2D eigenvalue weighted by Gasteiger charge is -2.30. The number of rotatable bonds is 8. The number of amides is 2. The maximum absolute atomic E-state index is 14.4. The molecule has 0 fully saturated rings. The Morgan fingerprint density at radius 2 is 1.92 bits per heavy atom. The van der Waals surface area contributed by atoms with Crippen molar-refractivity contribution in [1.82, 2.24) is 20.2 Å². The topological polar surface area (TPSA) is 88.1 Å². The third-order valence-electron chi connectivity index (χ3n) is 6.45. The molecule has 0 saturated heterocycles. The molecule has 2 aromatic carbocycles. The minimum atomic E-state index is -0.741. The van der Waals surface area contributed by atoms with Crippen LogP contribution >= 0.6 is 0 Å². The first-order chi connectivity index (χ1) is 18.0. The Morgan fingerprint density at radius 1 is 1.18 bits per heavy atom. The van der Waals surface area contributed by atoms with Crippen LogP contribution in [0.5, 0.6) is 0 Å². The van der Waals surface area contributed by atoms with E-state index in [9.17, 15) is 18.4 Å². The predicted molar refractivity (Wildman–Crippen MR) is 143 cm³/mol. The van der Waals surface area contributed by atoms with Gasteiger partial charge in [-0.3, -0.25) is 19.5 Å². The number of carbonyl (C=O) groups is 2. The fourth-order valence-electron chi connectivity index (χ4n) is 4.43. The van der Waals surface area contributed by atoms with Gasteiger partial charge in [-0.2, -0.15) is 0 Å². The van der Waals surface area contributed by atoms with Gasteiger partial charge in [-0.05, 0) is 47.4 Å². The number of imidazole rings is 1. The molecule has 2 amide bonds. The van der Waals surface area contributed by atoms with Gasteiger partial charge in [-0.25, -0.2) is 13.8 Å². The number of nitrogens with zero attached hydrogens (tertiary/aromatic N) is 2. The number of halogens is 2. The summed E-state index contributed by atoms with van der Waals surface area (Å²) in [6.07, 6.45) is 4.43. The van der Waals surface area contributed by atoms with Crippen molar-refractivity contribution in [2.75, 3.05) is 11.9 Å². The molecule has 7 nitrogen and oxygen atoms in total. The lowest BCUT2D eigenvalue weighted by atomic mass is 9.87. The van der Waals surface area contributed by atoms with Gasteiger partial charge in [0.1, 0.15) is 29.7 Å². The van der Waals surface area contributed by atoms with E-state index < -0.39 is 17.7 Å². The highest BCUT2D eigenvalue weighted by atomic mass is 19.1. The Balaban J connectivity index is 1.46. The third kappa shape index (κ3) is 6.72. The summed E-state index contributed by atoms with van der Waals surface area (Å²) in [5, 5.41) is 9.01. The molecule has 0 spiro atoms. The van der Waals surface area contributed by atoms with Gasteiger partial charge in [-0.1, -0.05) is 57.7 Å². The molecular formula is C29H33F2N5O2. The van der Waals surface area contributed by atoms with Crippen molar-refractivity contribution in [2.24, 2.45) is 5.41 Å². The van der Waals surface area contributed by atoms with Gasteiger partial charge in [0, 0.05) is 18.7 Å². The van der Waals surface area contributed by atoms with Crippen LogP contribution in [0.4, 0.5) is 14.6 Å². The molecular weight excluding hydrogens is 488 g/mol. The molecule has 0 saturated carbocycles. The minimum absolute atomic E-state index is 0.0775. The molecule has 1 heterocycles. The van der Waals surface area contributed by atoms with Crippen molar-refractivity contribution < 1.29 is 18.4 Å². The van der Waals surface area contributed by atoms with Crippen LogP contribution in [0.1, 0.15) is 49.9 Å². The van der Waals surface area contributed by atoms with Gasteiger partial charge in [-0.15, -0.1) is 0 Å². The third-order valence-corrected chi connectivity index (χ3v) is 6.45. The average molecular weight is 522 g/mol. The molecule has 0 bridgehead atoms. The molecule has 0 aliphatic heterocycles. The van der Waals surface area contributed by atoms with Gasteiger partial charge in [0.25, 0.3) is 5.91 Å². The van der Waals surface area contributed by atoms with Crippen molar-refractivity contribution in [3.05, 3.63) is 89.9 Å². The summed E-state index contributed by atoms with van der Waals surface area (Å²) in [6.45, 7) is 10.4. The predicted octanol–water partition coefficient (Wildman–Crippen LogP) is 4.62. The minimum Gasteiger partial charge on any atom is -0.350 e. The summed E-state index contributed by atoms with van der Waals surface area (Å²) < 4.78 is 29.5. The van der Waals surface area contributed by atoms with E-state index in [0.29, 0.717) is 36.9 Å². The van der Waals surface area contributed by atoms with Crippen LogP contribution in [0.15, 0.2) is 61.6 Å². The number of nitrogens with one attached hydrogen (secondary N) is 3. The monoisotopic (exact) mass is 521 g/mol.